The van der Waals surface area contributed by atoms with E-state index < -0.39 is 5.60 Å². The number of carbonyl (C=O) groups excluding carboxylic acids is 2. The molecule has 4 nitrogen and oxygen atoms in total. The zero-order chi connectivity index (χ0) is 13.4. The number of carbonyl (C=O) groups is 2. The molecule has 0 aromatic rings. The second-order valence-corrected chi connectivity index (χ2v) is 5.85. The lowest BCUT2D eigenvalue weighted by atomic mass is 9.80. The van der Waals surface area contributed by atoms with Gasteiger partial charge in [0.05, 0.1) is 6.04 Å². The van der Waals surface area contributed by atoms with Crippen molar-refractivity contribution in [2.24, 2.45) is 0 Å². The van der Waals surface area contributed by atoms with Crippen molar-refractivity contribution >= 4 is 11.9 Å². The predicted molar refractivity (Wildman–Crippen MR) is 65.5 cm³/mol. The average molecular weight is 241 g/mol. The van der Waals surface area contributed by atoms with Gasteiger partial charge in [0.25, 0.3) is 5.91 Å². The zero-order valence-corrected chi connectivity index (χ0v) is 11.7. The smallest absolute Gasteiger partial charge is 0.306 e. The Labute approximate surface area is 103 Å². The van der Waals surface area contributed by atoms with Crippen LogP contribution in [0.25, 0.3) is 0 Å². The van der Waals surface area contributed by atoms with E-state index in [0.29, 0.717) is 6.42 Å². The van der Waals surface area contributed by atoms with Gasteiger partial charge >= 0.3 is 5.97 Å². The van der Waals surface area contributed by atoms with Crippen LogP contribution in [0.2, 0.25) is 0 Å². The minimum atomic E-state index is -0.973. The largest absolute Gasteiger partial charge is 0.447 e. The van der Waals surface area contributed by atoms with Crippen molar-refractivity contribution in [2.75, 3.05) is 0 Å². The monoisotopic (exact) mass is 241 g/mol. The van der Waals surface area contributed by atoms with E-state index in [4.69, 9.17) is 4.74 Å². The molecule has 0 bridgehead atoms. The third kappa shape index (κ3) is 2.31. The van der Waals surface area contributed by atoms with Gasteiger partial charge in [-0.15, -0.1) is 0 Å². The molecule has 1 amide bonds. The molecule has 1 heterocycles. The van der Waals surface area contributed by atoms with Crippen LogP contribution in [-0.2, 0) is 14.3 Å². The fourth-order valence-electron chi connectivity index (χ4n) is 2.28. The summed E-state index contributed by atoms with van der Waals surface area (Å²) in [5.41, 5.74) is -1.20. The van der Waals surface area contributed by atoms with E-state index in [9.17, 15) is 9.59 Å². The van der Waals surface area contributed by atoms with Crippen LogP contribution in [0.15, 0.2) is 0 Å². The van der Waals surface area contributed by atoms with Crippen LogP contribution in [-0.4, -0.2) is 34.0 Å². The summed E-state index contributed by atoms with van der Waals surface area (Å²) in [6.45, 7) is 11.5. The van der Waals surface area contributed by atoms with Crippen LogP contribution < -0.4 is 0 Å². The Hall–Kier alpha value is -1.06. The summed E-state index contributed by atoms with van der Waals surface area (Å²) in [6.07, 6.45) is 1.10. The van der Waals surface area contributed by atoms with E-state index in [-0.39, 0.29) is 23.5 Å². The van der Waals surface area contributed by atoms with Crippen LogP contribution in [0.5, 0.6) is 0 Å². The standard InChI is InChI=1S/C13H23NO3/c1-7-8-10(15)17-13(6)9(2)14(11(13)16)12(3,4)5/h9H,7-8H2,1-6H3/t9-,13-/m0/s1. The third-order valence-electron chi connectivity index (χ3n) is 3.33. The molecule has 4 heteroatoms. The first-order valence-corrected chi connectivity index (χ1v) is 6.20. The quantitative estimate of drug-likeness (QED) is 0.561. The molecule has 0 aromatic carbocycles. The fourth-order valence-corrected chi connectivity index (χ4v) is 2.28. The highest BCUT2D eigenvalue weighted by Crippen LogP contribution is 2.39. The molecule has 1 fully saturated rings. The van der Waals surface area contributed by atoms with E-state index in [2.05, 4.69) is 0 Å². The Morgan fingerprint density at radius 1 is 1.47 bits per heavy atom. The molecular formula is C13H23NO3. The Morgan fingerprint density at radius 2 is 2.00 bits per heavy atom. The van der Waals surface area contributed by atoms with Crippen molar-refractivity contribution in [3.8, 4) is 0 Å². The summed E-state index contributed by atoms with van der Waals surface area (Å²) in [5, 5.41) is 0. The number of rotatable bonds is 3. The Bertz CT molecular complexity index is 332. The van der Waals surface area contributed by atoms with Gasteiger partial charge < -0.3 is 9.64 Å². The van der Waals surface area contributed by atoms with Gasteiger partial charge in [-0.05, 0) is 41.0 Å². The van der Waals surface area contributed by atoms with Crippen LogP contribution in [0.1, 0.15) is 54.4 Å². The van der Waals surface area contributed by atoms with E-state index in [1.54, 1.807) is 11.8 Å². The maximum absolute atomic E-state index is 12.1. The molecule has 1 saturated heterocycles. The molecule has 0 aromatic heterocycles. The molecule has 0 radical (unpaired) electrons. The van der Waals surface area contributed by atoms with Crippen molar-refractivity contribution in [3.05, 3.63) is 0 Å². The molecule has 17 heavy (non-hydrogen) atoms. The molecule has 1 aliphatic heterocycles. The van der Waals surface area contributed by atoms with Crippen molar-refractivity contribution in [2.45, 2.75) is 71.6 Å². The molecular weight excluding hydrogens is 218 g/mol. The average Bonchev–Trinajstić information content (AvgIpc) is 2.16. The van der Waals surface area contributed by atoms with Gasteiger partial charge in [-0.1, -0.05) is 6.92 Å². The highest BCUT2D eigenvalue weighted by atomic mass is 16.6. The fraction of sp³-hybridized carbons (Fsp3) is 0.846. The zero-order valence-electron chi connectivity index (χ0n) is 11.7. The Balaban J connectivity index is 2.75. The first kappa shape index (κ1) is 14.0. The summed E-state index contributed by atoms with van der Waals surface area (Å²) in [6, 6.07) is -0.0733. The van der Waals surface area contributed by atoms with Gasteiger partial charge in [0, 0.05) is 12.0 Å². The summed E-state index contributed by atoms with van der Waals surface area (Å²) in [7, 11) is 0. The molecule has 1 rings (SSSR count). The molecule has 0 unspecified atom stereocenters. The number of likely N-dealkylation sites (tertiary alicyclic amines) is 1. The normalized spacial score (nSPS) is 28.9. The maximum atomic E-state index is 12.1. The lowest BCUT2D eigenvalue weighted by molar-refractivity contribution is -0.212. The van der Waals surface area contributed by atoms with Gasteiger partial charge in [-0.25, -0.2) is 0 Å². The topological polar surface area (TPSA) is 46.6 Å². The van der Waals surface area contributed by atoms with Crippen molar-refractivity contribution in [1.82, 2.24) is 4.90 Å². The van der Waals surface area contributed by atoms with Crippen LogP contribution >= 0.6 is 0 Å². The van der Waals surface area contributed by atoms with Gasteiger partial charge in [-0.2, -0.15) is 0 Å². The Kier molecular flexibility index (Phi) is 3.55. The summed E-state index contributed by atoms with van der Waals surface area (Å²) < 4.78 is 5.33. The number of nitrogens with zero attached hydrogens (tertiary/aromatic N) is 1. The molecule has 0 saturated carbocycles. The van der Waals surface area contributed by atoms with E-state index >= 15 is 0 Å². The van der Waals surface area contributed by atoms with E-state index in [0.717, 1.165) is 6.42 Å². The molecule has 0 aliphatic carbocycles. The maximum Gasteiger partial charge on any atom is 0.306 e. The minimum absolute atomic E-state index is 0.0733. The van der Waals surface area contributed by atoms with E-state index in [1.807, 2.05) is 34.6 Å². The lowest BCUT2D eigenvalue weighted by Crippen LogP contribution is -2.76. The first-order chi connectivity index (χ1) is 7.64. The van der Waals surface area contributed by atoms with Gasteiger partial charge in [0.15, 0.2) is 0 Å². The second kappa shape index (κ2) is 4.31. The van der Waals surface area contributed by atoms with Gasteiger partial charge in [-0.3, -0.25) is 9.59 Å². The minimum Gasteiger partial charge on any atom is -0.447 e. The number of β-lactam (4-membered cyclic amide) rings is 1. The van der Waals surface area contributed by atoms with Crippen LogP contribution in [0, 0.1) is 0 Å². The van der Waals surface area contributed by atoms with Crippen molar-refractivity contribution in [3.63, 3.8) is 0 Å². The molecule has 98 valence electrons. The molecule has 0 N–H and O–H groups in total. The molecule has 2 atom stereocenters. The molecule has 1 aliphatic rings. The number of hydrogen-bond donors (Lipinski definition) is 0. The van der Waals surface area contributed by atoms with Crippen molar-refractivity contribution in [1.29, 1.82) is 0 Å². The first-order valence-electron chi connectivity index (χ1n) is 6.20. The predicted octanol–water partition coefficient (Wildman–Crippen LogP) is 2.12. The van der Waals surface area contributed by atoms with Gasteiger partial charge in [0.2, 0.25) is 5.60 Å². The number of esters is 1. The SMILES string of the molecule is CCCC(=O)O[C@]1(C)C(=O)N(C(C)(C)C)[C@H]1C. The van der Waals surface area contributed by atoms with E-state index in [1.165, 1.54) is 0 Å². The highest BCUT2D eigenvalue weighted by molar-refractivity contribution is 5.95. The Morgan fingerprint density at radius 3 is 2.35 bits per heavy atom. The third-order valence-corrected chi connectivity index (χ3v) is 3.33. The second-order valence-electron chi connectivity index (χ2n) is 5.85. The highest BCUT2D eigenvalue weighted by Gasteiger charge is 2.61. The van der Waals surface area contributed by atoms with Crippen LogP contribution in [0.4, 0.5) is 0 Å². The molecule has 0 spiro atoms. The van der Waals surface area contributed by atoms with Crippen LogP contribution in [0.3, 0.4) is 0 Å². The number of hydrogen-bond acceptors (Lipinski definition) is 3. The summed E-state index contributed by atoms with van der Waals surface area (Å²) in [5.74, 6) is -0.384. The van der Waals surface area contributed by atoms with Crippen molar-refractivity contribution < 1.29 is 14.3 Å². The number of ether oxygens (including phenoxy) is 1. The number of amides is 1. The lowest BCUT2D eigenvalue weighted by Gasteiger charge is -2.57. The summed E-state index contributed by atoms with van der Waals surface area (Å²) in [4.78, 5) is 25.4. The summed E-state index contributed by atoms with van der Waals surface area (Å²) >= 11 is 0. The van der Waals surface area contributed by atoms with Gasteiger partial charge in [0.1, 0.15) is 0 Å².